The van der Waals surface area contributed by atoms with Gasteiger partial charge in [0.1, 0.15) is 12.4 Å². The molecular weight excluding hydrogens is 324 g/mol. The molecule has 4 aromatic rings. The molecule has 128 valence electrons. The molecule has 3 heteroatoms. The minimum absolute atomic E-state index is 0.112. The number of carbonyl (C=O) groups excluding carboxylic acids is 1. The highest BCUT2D eigenvalue weighted by Crippen LogP contribution is 2.25. The third-order valence-corrected chi connectivity index (χ3v) is 4.36. The molecule has 26 heavy (non-hydrogen) atoms. The van der Waals surface area contributed by atoms with Crippen LogP contribution in [0.4, 0.5) is 0 Å². The van der Waals surface area contributed by atoms with Crippen LogP contribution in [0.3, 0.4) is 0 Å². The van der Waals surface area contributed by atoms with Crippen LogP contribution >= 0.6 is 0 Å². The summed E-state index contributed by atoms with van der Waals surface area (Å²) in [4.78, 5) is 12.1. The van der Waals surface area contributed by atoms with E-state index in [9.17, 15) is 4.79 Å². The number of rotatable bonds is 5. The second-order valence-corrected chi connectivity index (χ2v) is 6.06. The monoisotopic (exact) mass is 342 g/mol. The summed E-state index contributed by atoms with van der Waals surface area (Å²) in [6, 6.07) is 27.8. The molecule has 0 saturated carbocycles. The Labute approximate surface area is 151 Å². The molecule has 0 aromatic heterocycles. The Balaban J connectivity index is 1.41. The fourth-order valence-corrected chi connectivity index (χ4v) is 3.08. The minimum atomic E-state index is -0.383. The van der Waals surface area contributed by atoms with Crippen LogP contribution in [0.5, 0.6) is 5.75 Å². The highest BCUT2D eigenvalue weighted by atomic mass is 16.6. The molecule has 0 aliphatic carbocycles. The fourth-order valence-electron chi connectivity index (χ4n) is 3.08. The Morgan fingerprint density at radius 2 is 1.31 bits per heavy atom. The van der Waals surface area contributed by atoms with E-state index in [0.717, 1.165) is 27.1 Å². The lowest BCUT2D eigenvalue weighted by Crippen LogP contribution is -2.15. The molecular formula is C23H18O3. The largest absolute Gasteiger partial charge is 0.481 e. The molecule has 0 N–H and O–H groups in total. The summed E-state index contributed by atoms with van der Waals surface area (Å²) in [7, 11) is 0. The lowest BCUT2D eigenvalue weighted by atomic mass is 10.1. The van der Waals surface area contributed by atoms with Crippen LogP contribution in [0, 0.1) is 0 Å². The molecule has 0 atom stereocenters. The molecule has 0 aliphatic rings. The van der Waals surface area contributed by atoms with Gasteiger partial charge in [0, 0.05) is 5.39 Å². The van der Waals surface area contributed by atoms with Crippen molar-refractivity contribution >= 4 is 27.5 Å². The highest BCUT2D eigenvalue weighted by molar-refractivity contribution is 5.88. The molecule has 4 aromatic carbocycles. The third kappa shape index (κ3) is 3.38. The van der Waals surface area contributed by atoms with Gasteiger partial charge in [0.25, 0.3) is 0 Å². The Hall–Kier alpha value is -3.33. The molecule has 0 radical (unpaired) electrons. The first kappa shape index (κ1) is 16.2. The lowest BCUT2D eigenvalue weighted by Gasteiger charge is -2.10. The van der Waals surface area contributed by atoms with Gasteiger partial charge in [-0.05, 0) is 27.8 Å². The van der Waals surface area contributed by atoms with E-state index in [1.807, 2.05) is 84.9 Å². The molecule has 0 heterocycles. The molecule has 0 unspecified atom stereocenters. The summed E-state index contributed by atoms with van der Waals surface area (Å²) in [5.74, 6) is 0.302. The van der Waals surface area contributed by atoms with Gasteiger partial charge in [0.05, 0.1) is 0 Å². The van der Waals surface area contributed by atoms with Gasteiger partial charge in [-0.2, -0.15) is 0 Å². The summed E-state index contributed by atoms with van der Waals surface area (Å²) in [5.41, 5.74) is 0.988. The van der Waals surface area contributed by atoms with Crippen LogP contribution in [0.2, 0.25) is 0 Å². The maximum atomic E-state index is 12.1. The number of esters is 1. The number of fused-ring (bicyclic) bond motifs is 2. The highest BCUT2D eigenvalue weighted by Gasteiger charge is 2.08. The normalized spacial score (nSPS) is 10.8. The van der Waals surface area contributed by atoms with E-state index >= 15 is 0 Å². The van der Waals surface area contributed by atoms with Crippen molar-refractivity contribution in [1.29, 1.82) is 0 Å². The van der Waals surface area contributed by atoms with Gasteiger partial charge in [0.2, 0.25) is 0 Å². The molecule has 0 spiro atoms. The van der Waals surface area contributed by atoms with Gasteiger partial charge < -0.3 is 9.47 Å². The Morgan fingerprint density at radius 3 is 2.12 bits per heavy atom. The Morgan fingerprint density at radius 1 is 0.692 bits per heavy atom. The molecule has 3 nitrogen and oxygen atoms in total. The van der Waals surface area contributed by atoms with E-state index in [2.05, 4.69) is 0 Å². The maximum absolute atomic E-state index is 12.1. The summed E-state index contributed by atoms with van der Waals surface area (Å²) < 4.78 is 11.1. The molecule has 0 fully saturated rings. The average Bonchev–Trinajstić information content (AvgIpc) is 2.70. The number of hydrogen-bond donors (Lipinski definition) is 0. The topological polar surface area (TPSA) is 35.5 Å². The van der Waals surface area contributed by atoms with Gasteiger partial charge in [-0.15, -0.1) is 0 Å². The van der Waals surface area contributed by atoms with Crippen molar-refractivity contribution in [3.8, 4) is 5.75 Å². The lowest BCUT2D eigenvalue weighted by molar-refractivity contribution is -0.147. The van der Waals surface area contributed by atoms with Crippen molar-refractivity contribution < 1.29 is 14.3 Å². The molecule has 0 bridgehead atoms. The van der Waals surface area contributed by atoms with Gasteiger partial charge in [-0.3, -0.25) is 0 Å². The summed E-state index contributed by atoms with van der Waals surface area (Å²) in [5, 5.41) is 4.29. The van der Waals surface area contributed by atoms with E-state index < -0.39 is 0 Å². The van der Waals surface area contributed by atoms with Crippen LogP contribution in [-0.2, 0) is 16.1 Å². The van der Waals surface area contributed by atoms with Crippen LogP contribution in [0.1, 0.15) is 5.56 Å². The van der Waals surface area contributed by atoms with Gasteiger partial charge >= 0.3 is 5.97 Å². The van der Waals surface area contributed by atoms with Gasteiger partial charge in [-0.25, -0.2) is 4.79 Å². The number of carbonyl (C=O) groups is 1. The SMILES string of the molecule is O=C(COc1cccc2ccccc12)OCc1cccc2ccccc12. The van der Waals surface area contributed by atoms with Crippen molar-refractivity contribution in [1.82, 2.24) is 0 Å². The number of benzene rings is 4. The predicted octanol–water partition coefficient (Wildman–Crippen LogP) is 5.12. The number of ether oxygens (including phenoxy) is 2. The molecule has 0 amide bonds. The Kier molecular flexibility index (Phi) is 4.52. The third-order valence-electron chi connectivity index (χ3n) is 4.36. The second kappa shape index (κ2) is 7.28. The van der Waals surface area contributed by atoms with E-state index in [4.69, 9.17) is 9.47 Å². The standard InChI is InChI=1S/C23H18O3/c24-23(16-25-22-14-6-10-18-8-2-4-13-21(18)22)26-15-19-11-5-9-17-7-1-3-12-20(17)19/h1-14H,15-16H2. The maximum Gasteiger partial charge on any atom is 0.344 e. The quantitative estimate of drug-likeness (QED) is 0.473. The summed E-state index contributed by atoms with van der Waals surface area (Å²) in [6.07, 6.45) is 0. The number of hydrogen-bond acceptors (Lipinski definition) is 3. The van der Waals surface area contributed by atoms with Crippen molar-refractivity contribution in [2.24, 2.45) is 0 Å². The first-order valence-electron chi connectivity index (χ1n) is 8.54. The van der Waals surface area contributed by atoms with Crippen molar-refractivity contribution in [2.75, 3.05) is 6.61 Å². The molecule has 0 aliphatic heterocycles. The molecule has 4 rings (SSSR count). The first-order valence-corrected chi connectivity index (χ1v) is 8.54. The van der Waals surface area contributed by atoms with Crippen LogP contribution in [-0.4, -0.2) is 12.6 Å². The minimum Gasteiger partial charge on any atom is -0.481 e. The van der Waals surface area contributed by atoms with Gasteiger partial charge in [-0.1, -0.05) is 78.9 Å². The second-order valence-electron chi connectivity index (χ2n) is 6.06. The van der Waals surface area contributed by atoms with Crippen molar-refractivity contribution in [3.63, 3.8) is 0 Å². The van der Waals surface area contributed by atoms with E-state index in [0.29, 0.717) is 5.75 Å². The van der Waals surface area contributed by atoms with Crippen molar-refractivity contribution in [2.45, 2.75) is 6.61 Å². The summed E-state index contributed by atoms with van der Waals surface area (Å²) in [6.45, 7) is 0.123. The Bertz CT molecular complexity index is 973. The first-order chi connectivity index (χ1) is 12.8. The van der Waals surface area contributed by atoms with Crippen LogP contribution in [0.15, 0.2) is 84.9 Å². The van der Waals surface area contributed by atoms with Crippen LogP contribution < -0.4 is 4.74 Å². The smallest absolute Gasteiger partial charge is 0.344 e. The van der Waals surface area contributed by atoms with E-state index in [1.165, 1.54) is 0 Å². The molecule has 0 saturated heterocycles. The van der Waals surface area contributed by atoms with E-state index in [-0.39, 0.29) is 19.2 Å². The summed E-state index contributed by atoms with van der Waals surface area (Å²) >= 11 is 0. The van der Waals surface area contributed by atoms with E-state index in [1.54, 1.807) is 0 Å². The average molecular weight is 342 g/mol. The van der Waals surface area contributed by atoms with Crippen molar-refractivity contribution in [3.05, 3.63) is 90.5 Å². The fraction of sp³-hybridized carbons (Fsp3) is 0.0870. The van der Waals surface area contributed by atoms with Crippen LogP contribution in [0.25, 0.3) is 21.5 Å². The zero-order valence-corrected chi connectivity index (χ0v) is 14.2. The predicted molar refractivity (Wildman–Crippen MR) is 103 cm³/mol. The zero-order chi connectivity index (χ0) is 17.8. The zero-order valence-electron chi connectivity index (χ0n) is 14.2. The van der Waals surface area contributed by atoms with Gasteiger partial charge in [0.15, 0.2) is 6.61 Å².